The van der Waals surface area contributed by atoms with Gasteiger partial charge in [0.05, 0.1) is 12.2 Å². The highest BCUT2D eigenvalue weighted by Crippen LogP contribution is 2.19. The minimum atomic E-state index is -0.379. The number of aromatic nitrogens is 1. The molecule has 0 aliphatic carbocycles. The standard InChI is InChI=1S/C19H19ClFN3O2/c20-15-5-6-18-17(11-15)24(19(25)26-18)13-23-9-7-22(8-10-23)12-14-3-1-2-4-16(14)21/h1-6,11H,7-10,12-13H2. The Balaban J connectivity index is 1.42. The van der Waals surface area contributed by atoms with E-state index in [4.69, 9.17) is 16.0 Å². The molecular formula is C19H19ClFN3O2. The fourth-order valence-electron chi connectivity index (χ4n) is 3.33. The molecule has 2 heterocycles. The fraction of sp³-hybridized carbons (Fsp3) is 0.316. The van der Waals surface area contributed by atoms with E-state index in [9.17, 15) is 9.18 Å². The van der Waals surface area contributed by atoms with Crippen molar-refractivity contribution >= 4 is 22.7 Å². The molecule has 2 aromatic carbocycles. The maximum Gasteiger partial charge on any atom is 0.421 e. The molecule has 1 fully saturated rings. The summed E-state index contributed by atoms with van der Waals surface area (Å²) in [6, 6.07) is 12.0. The van der Waals surface area contributed by atoms with E-state index in [1.807, 2.05) is 12.1 Å². The van der Waals surface area contributed by atoms with Crippen molar-refractivity contribution in [3.63, 3.8) is 0 Å². The molecule has 136 valence electrons. The summed E-state index contributed by atoms with van der Waals surface area (Å²) in [7, 11) is 0. The topological polar surface area (TPSA) is 41.6 Å². The van der Waals surface area contributed by atoms with Crippen molar-refractivity contribution in [1.29, 1.82) is 0 Å². The molecule has 0 unspecified atom stereocenters. The van der Waals surface area contributed by atoms with Crippen LogP contribution in [0.2, 0.25) is 5.02 Å². The Labute approximate surface area is 155 Å². The third-order valence-electron chi connectivity index (χ3n) is 4.79. The molecule has 0 radical (unpaired) electrons. The Morgan fingerprint density at radius 1 is 1.04 bits per heavy atom. The lowest BCUT2D eigenvalue weighted by Crippen LogP contribution is -2.47. The minimum absolute atomic E-state index is 0.164. The molecular weight excluding hydrogens is 357 g/mol. The number of nitrogens with zero attached hydrogens (tertiary/aromatic N) is 3. The average molecular weight is 376 g/mol. The quantitative estimate of drug-likeness (QED) is 0.702. The number of benzene rings is 2. The van der Waals surface area contributed by atoms with Crippen molar-refractivity contribution in [3.8, 4) is 0 Å². The normalized spacial score (nSPS) is 16.4. The highest BCUT2D eigenvalue weighted by Gasteiger charge is 2.20. The summed E-state index contributed by atoms with van der Waals surface area (Å²) >= 11 is 6.04. The van der Waals surface area contributed by atoms with Crippen LogP contribution in [0.5, 0.6) is 0 Å². The fourth-order valence-corrected chi connectivity index (χ4v) is 3.49. The molecule has 3 aromatic rings. The molecule has 0 bridgehead atoms. The van der Waals surface area contributed by atoms with Gasteiger partial charge in [0.15, 0.2) is 5.58 Å². The van der Waals surface area contributed by atoms with Crippen molar-refractivity contribution in [1.82, 2.24) is 14.4 Å². The van der Waals surface area contributed by atoms with Gasteiger partial charge >= 0.3 is 5.76 Å². The average Bonchev–Trinajstić information content (AvgIpc) is 2.94. The number of hydrogen-bond donors (Lipinski definition) is 0. The second-order valence-corrected chi connectivity index (χ2v) is 6.97. The molecule has 1 saturated heterocycles. The Bertz CT molecular complexity index is 976. The Hall–Kier alpha value is -2.15. The van der Waals surface area contributed by atoms with Gasteiger partial charge in [-0.15, -0.1) is 0 Å². The smallest absolute Gasteiger partial charge is 0.408 e. The van der Waals surface area contributed by atoms with Gasteiger partial charge in [-0.1, -0.05) is 29.8 Å². The summed E-state index contributed by atoms with van der Waals surface area (Å²) in [6.07, 6.45) is 0. The van der Waals surface area contributed by atoms with Crippen LogP contribution in [0.4, 0.5) is 4.39 Å². The Kier molecular flexibility index (Phi) is 4.80. The molecule has 7 heteroatoms. The van der Waals surface area contributed by atoms with Gasteiger partial charge in [-0.3, -0.25) is 14.4 Å². The largest absolute Gasteiger partial charge is 0.421 e. The summed E-state index contributed by atoms with van der Waals surface area (Å²) in [5.41, 5.74) is 1.96. The maximum absolute atomic E-state index is 13.8. The number of rotatable bonds is 4. The first kappa shape index (κ1) is 17.3. The lowest BCUT2D eigenvalue weighted by atomic mass is 10.2. The molecule has 0 N–H and O–H groups in total. The summed E-state index contributed by atoms with van der Waals surface area (Å²) < 4.78 is 20.7. The van der Waals surface area contributed by atoms with E-state index >= 15 is 0 Å². The van der Waals surface area contributed by atoms with Gasteiger partial charge in [0, 0.05) is 43.3 Å². The van der Waals surface area contributed by atoms with Crippen LogP contribution in [-0.2, 0) is 13.2 Å². The lowest BCUT2D eigenvalue weighted by molar-refractivity contribution is 0.101. The van der Waals surface area contributed by atoms with E-state index < -0.39 is 0 Å². The number of hydrogen-bond acceptors (Lipinski definition) is 4. The van der Waals surface area contributed by atoms with Gasteiger partial charge in [-0.2, -0.15) is 0 Å². The second kappa shape index (κ2) is 7.23. The highest BCUT2D eigenvalue weighted by molar-refractivity contribution is 6.31. The zero-order valence-corrected chi connectivity index (χ0v) is 15.0. The van der Waals surface area contributed by atoms with E-state index in [0.29, 0.717) is 34.9 Å². The van der Waals surface area contributed by atoms with Crippen molar-refractivity contribution in [2.75, 3.05) is 26.2 Å². The first-order valence-electron chi connectivity index (χ1n) is 8.57. The van der Waals surface area contributed by atoms with Crippen molar-refractivity contribution in [3.05, 3.63) is 69.4 Å². The molecule has 1 aliphatic heterocycles. The molecule has 26 heavy (non-hydrogen) atoms. The summed E-state index contributed by atoms with van der Waals surface area (Å²) in [6.45, 7) is 4.30. The SMILES string of the molecule is O=c1oc2ccc(Cl)cc2n1CN1CCN(Cc2ccccc2F)CC1. The second-order valence-electron chi connectivity index (χ2n) is 6.54. The van der Waals surface area contributed by atoms with Crippen LogP contribution in [0.3, 0.4) is 0 Å². The zero-order chi connectivity index (χ0) is 18.1. The molecule has 0 spiro atoms. The van der Waals surface area contributed by atoms with Crippen LogP contribution in [0.1, 0.15) is 5.56 Å². The zero-order valence-electron chi connectivity index (χ0n) is 14.2. The predicted octanol–water partition coefficient (Wildman–Crippen LogP) is 3.16. The molecule has 1 aliphatic rings. The van der Waals surface area contributed by atoms with Crippen LogP contribution in [0.25, 0.3) is 11.1 Å². The van der Waals surface area contributed by atoms with Gasteiger partial charge in [-0.05, 0) is 24.3 Å². The molecule has 0 atom stereocenters. The Morgan fingerprint density at radius 2 is 1.77 bits per heavy atom. The molecule has 1 aromatic heterocycles. The van der Waals surface area contributed by atoms with Crippen molar-refractivity contribution in [2.24, 2.45) is 0 Å². The first-order valence-corrected chi connectivity index (χ1v) is 8.95. The van der Waals surface area contributed by atoms with Gasteiger partial charge in [-0.25, -0.2) is 9.18 Å². The number of oxazole rings is 1. The van der Waals surface area contributed by atoms with Gasteiger partial charge in [0.25, 0.3) is 0 Å². The molecule has 5 nitrogen and oxygen atoms in total. The van der Waals surface area contributed by atoms with Crippen LogP contribution in [0, 0.1) is 5.82 Å². The summed E-state index contributed by atoms with van der Waals surface area (Å²) in [4.78, 5) is 16.6. The summed E-state index contributed by atoms with van der Waals surface area (Å²) in [5.74, 6) is -0.542. The number of fused-ring (bicyclic) bond motifs is 1. The van der Waals surface area contributed by atoms with E-state index in [1.54, 1.807) is 28.8 Å². The first-order chi connectivity index (χ1) is 12.6. The third-order valence-corrected chi connectivity index (χ3v) is 5.02. The van der Waals surface area contributed by atoms with Crippen LogP contribution in [0.15, 0.2) is 51.7 Å². The van der Waals surface area contributed by atoms with E-state index in [2.05, 4.69) is 9.80 Å². The van der Waals surface area contributed by atoms with E-state index in [0.717, 1.165) is 26.2 Å². The van der Waals surface area contributed by atoms with Gasteiger partial charge in [0.1, 0.15) is 5.82 Å². The third kappa shape index (κ3) is 3.53. The predicted molar refractivity (Wildman–Crippen MR) is 98.7 cm³/mol. The molecule has 4 rings (SSSR count). The maximum atomic E-state index is 13.8. The monoisotopic (exact) mass is 375 g/mol. The lowest BCUT2D eigenvalue weighted by Gasteiger charge is -2.34. The van der Waals surface area contributed by atoms with E-state index in [1.165, 1.54) is 6.07 Å². The minimum Gasteiger partial charge on any atom is -0.408 e. The summed E-state index contributed by atoms with van der Waals surface area (Å²) in [5, 5.41) is 0.571. The van der Waals surface area contributed by atoms with Gasteiger partial charge in [0.2, 0.25) is 0 Å². The van der Waals surface area contributed by atoms with E-state index in [-0.39, 0.29) is 11.6 Å². The van der Waals surface area contributed by atoms with Crippen LogP contribution < -0.4 is 5.76 Å². The Morgan fingerprint density at radius 3 is 2.54 bits per heavy atom. The van der Waals surface area contributed by atoms with Crippen molar-refractivity contribution < 1.29 is 8.81 Å². The number of piperazine rings is 1. The van der Waals surface area contributed by atoms with Crippen LogP contribution in [-0.4, -0.2) is 40.5 Å². The van der Waals surface area contributed by atoms with Gasteiger partial charge < -0.3 is 4.42 Å². The molecule has 0 saturated carbocycles. The van der Waals surface area contributed by atoms with Crippen LogP contribution >= 0.6 is 11.6 Å². The van der Waals surface area contributed by atoms with Crippen molar-refractivity contribution in [2.45, 2.75) is 13.2 Å². The molecule has 0 amide bonds. The number of halogens is 2. The highest BCUT2D eigenvalue weighted by atomic mass is 35.5.